The van der Waals surface area contributed by atoms with Crippen LogP contribution < -0.4 is 20.1 Å². The molecule has 0 spiro atoms. The number of fused-ring (bicyclic) bond motifs is 1. The van der Waals surface area contributed by atoms with Crippen LogP contribution in [0.2, 0.25) is 0 Å². The summed E-state index contributed by atoms with van der Waals surface area (Å²) in [5.74, 6) is 3.14. The van der Waals surface area contributed by atoms with Crippen LogP contribution in [-0.2, 0) is 0 Å². The van der Waals surface area contributed by atoms with Gasteiger partial charge in [-0.05, 0) is 66.7 Å². The van der Waals surface area contributed by atoms with Crippen molar-refractivity contribution in [3.8, 4) is 23.0 Å². The molecule has 0 aliphatic carbocycles. The number of carbonyl (C=O) groups excluding carboxylic acids is 1. The highest BCUT2D eigenvalue weighted by Gasteiger charge is 2.10. The molecule has 0 saturated heterocycles. The summed E-state index contributed by atoms with van der Waals surface area (Å²) >= 11 is 0. The Balaban J connectivity index is 1.32. The number of benzene rings is 3. The van der Waals surface area contributed by atoms with Crippen molar-refractivity contribution in [1.82, 2.24) is 15.3 Å². The van der Waals surface area contributed by atoms with Crippen LogP contribution in [0.3, 0.4) is 0 Å². The van der Waals surface area contributed by atoms with E-state index in [0.29, 0.717) is 17.3 Å². The fraction of sp³-hybridized carbons (Fsp3) is 0.0357. The first-order valence-corrected chi connectivity index (χ1v) is 11.0. The maximum Gasteiger partial charge on any atom is 0.269 e. The molecule has 5 aromatic rings. The third-order valence-corrected chi connectivity index (χ3v) is 5.22. The molecule has 7 heteroatoms. The molecule has 0 radical (unpaired) electrons. The molecule has 1 amide bonds. The smallest absolute Gasteiger partial charge is 0.269 e. The van der Waals surface area contributed by atoms with Crippen molar-refractivity contribution in [2.45, 2.75) is 0 Å². The number of para-hydroxylation sites is 1. The topological polar surface area (TPSA) is 85.4 Å². The first-order chi connectivity index (χ1) is 17.2. The fourth-order valence-electron chi connectivity index (χ4n) is 3.52. The summed E-state index contributed by atoms with van der Waals surface area (Å²) in [4.78, 5) is 20.7. The number of nitrogens with one attached hydrogen (secondary N) is 2. The lowest BCUT2D eigenvalue weighted by molar-refractivity contribution is 0.0958. The number of ether oxygens (including phenoxy) is 2. The third-order valence-electron chi connectivity index (χ3n) is 5.22. The van der Waals surface area contributed by atoms with Gasteiger partial charge < -0.3 is 20.1 Å². The Morgan fingerprint density at radius 3 is 2.37 bits per heavy atom. The number of rotatable bonds is 7. The Hall–Kier alpha value is -4.91. The van der Waals surface area contributed by atoms with E-state index in [2.05, 4.69) is 15.6 Å². The van der Waals surface area contributed by atoms with Gasteiger partial charge in [-0.25, -0.2) is 4.98 Å². The van der Waals surface area contributed by atoms with Gasteiger partial charge in [0.2, 0.25) is 0 Å². The van der Waals surface area contributed by atoms with Crippen LogP contribution in [0.25, 0.3) is 10.9 Å². The minimum Gasteiger partial charge on any atom is -0.457 e. The molecule has 0 saturated carbocycles. The zero-order valence-corrected chi connectivity index (χ0v) is 18.9. The Bertz CT molecular complexity index is 1470. The van der Waals surface area contributed by atoms with Crippen LogP contribution in [-0.4, -0.2) is 22.9 Å². The number of anilines is 2. The van der Waals surface area contributed by atoms with Gasteiger partial charge in [-0.15, -0.1) is 0 Å². The van der Waals surface area contributed by atoms with Crippen LogP contribution in [0.1, 0.15) is 10.5 Å². The lowest BCUT2D eigenvalue weighted by atomic mass is 10.2. The van der Waals surface area contributed by atoms with Crippen molar-refractivity contribution in [3.05, 3.63) is 109 Å². The lowest BCUT2D eigenvalue weighted by Crippen LogP contribution is -2.18. The van der Waals surface area contributed by atoms with Gasteiger partial charge in [0.15, 0.2) is 0 Å². The maximum atomic E-state index is 11.9. The van der Waals surface area contributed by atoms with Gasteiger partial charge in [0.05, 0.1) is 5.52 Å². The second kappa shape index (κ2) is 9.93. The highest BCUT2D eigenvalue weighted by atomic mass is 16.5. The van der Waals surface area contributed by atoms with Crippen LogP contribution in [0.15, 0.2) is 103 Å². The average molecular weight is 463 g/mol. The van der Waals surface area contributed by atoms with Crippen LogP contribution in [0, 0.1) is 0 Å². The van der Waals surface area contributed by atoms with E-state index in [1.54, 1.807) is 25.4 Å². The molecule has 172 valence electrons. The van der Waals surface area contributed by atoms with Gasteiger partial charge in [-0.1, -0.05) is 24.3 Å². The number of pyridine rings is 2. The van der Waals surface area contributed by atoms with Gasteiger partial charge in [0.1, 0.15) is 34.5 Å². The molecular formula is C28H22N4O3. The van der Waals surface area contributed by atoms with E-state index in [0.717, 1.165) is 28.1 Å². The van der Waals surface area contributed by atoms with Gasteiger partial charge in [-0.3, -0.25) is 9.78 Å². The number of carbonyl (C=O) groups is 1. The van der Waals surface area contributed by atoms with Gasteiger partial charge in [0.25, 0.3) is 5.91 Å². The number of hydrogen-bond donors (Lipinski definition) is 2. The predicted octanol–water partition coefficient (Wildman–Crippen LogP) is 6.32. The first kappa shape index (κ1) is 21.9. The zero-order valence-electron chi connectivity index (χ0n) is 18.9. The highest BCUT2D eigenvalue weighted by Crippen LogP contribution is 2.31. The van der Waals surface area contributed by atoms with E-state index >= 15 is 0 Å². The number of nitrogens with zero attached hydrogens (tertiary/aromatic N) is 2. The molecule has 2 heterocycles. The van der Waals surface area contributed by atoms with Gasteiger partial charge in [0, 0.05) is 30.4 Å². The molecule has 7 nitrogen and oxygen atoms in total. The summed E-state index contributed by atoms with van der Waals surface area (Å²) in [7, 11) is 1.56. The Morgan fingerprint density at radius 2 is 1.57 bits per heavy atom. The molecule has 5 rings (SSSR count). The molecule has 35 heavy (non-hydrogen) atoms. The maximum absolute atomic E-state index is 11.9. The molecule has 0 fully saturated rings. The normalized spacial score (nSPS) is 10.5. The summed E-state index contributed by atoms with van der Waals surface area (Å²) in [6, 6.07) is 30.2. The molecule has 0 bridgehead atoms. The summed E-state index contributed by atoms with van der Waals surface area (Å²) in [6.45, 7) is 0. The van der Waals surface area contributed by atoms with E-state index < -0.39 is 0 Å². The Labute approximate surface area is 202 Å². The largest absolute Gasteiger partial charge is 0.457 e. The van der Waals surface area contributed by atoms with Crippen molar-refractivity contribution in [1.29, 1.82) is 0 Å². The second-order valence-electron chi connectivity index (χ2n) is 7.64. The molecule has 2 aromatic heterocycles. The molecule has 0 aliphatic heterocycles. The third kappa shape index (κ3) is 5.20. The summed E-state index contributed by atoms with van der Waals surface area (Å²) in [5.41, 5.74) is 1.95. The minimum atomic E-state index is -0.273. The Kier molecular flexibility index (Phi) is 6.21. The number of aromatic nitrogens is 2. The van der Waals surface area contributed by atoms with E-state index in [1.807, 2.05) is 84.9 Å². The zero-order chi connectivity index (χ0) is 24.0. The fourth-order valence-corrected chi connectivity index (χ4v) is 3.52. The molecule has 2 N–H and O–H groups in total. The van der Waals surface area contributed by atoms with Crippen LogP contribution in [0.5, 0.6) is 23.0 Å². The number of hydrogen-bond acceptors (Lipinski definition) is 6. The molecule has 3 aromatic carbocycles. The van der Waals surface area contributed by atoms with Gasteiger partial charge >= 0.3 is 0 Å². The highest BCUT2D eigenvalue weighted by molar-refractivity contribution is 5.92. The van der Waals surface area contributed by atoms with Crippen molar-refractivity contribution in [2.75, 3.05) is 12.4 Å². The van der Waals surface area contributed by atoms with E-state index in [4.69, 9.17) is 14.5 Å². The SMILES string of the molecule is CNC(=O)c1cc(Oc2cccc3nc(Nc4ccc(Oc5ccccc5)cc4)ccc23)ccn1. The summed E-state index contributed by atoms with van der Waals surface area (Å²) < 4.78 is 11.9. The van der Waals surface area contributed by atoms with Crippen LogP contribution in [0.4, 0.5) is 11.5 Å². The van der Waals surface area contributed by atoms with Crippen molar-refractivity contribution in [3.63, 3.8) is 0 Å². The minimum absolute atomic E-state index is 0.273. The molecular weight excluding hydrogens is 440 g/mol. The van der Waals surface area contributed by atoms with Gasteiger partial charge in [-0.2, -0.15) is 0 Å². The second-order valence-corrected chi connectivity index (χ2v) is 7.64. The van der Waals surface area contributed by atoms with Crippen molar-refractivity contribution < 1.29 is 14.3 Å². The Morgan fingerprint density at radius 1 is 0.771 bits per heavy atom. The molecule has 0 unspecified atom stereocenters. The summed E-state index contributed by atoms with van der Waals surface area (Å²) in [5, 5.41) is 6.73. The average Bonchev–Trinajstić information content (AvgIpc) is 2.90. The quantitative estimate of drug-likeness (QED) is 0.294. The standard InChI is InChI=1S/C28H22N4O3/c1-29-28(33)25-18-22(16-17-30-25)35-26-9-5-8-24-23(26)14-15-27(32-24)31-19-10-12-21(13-11-19)34-20-6-3-2-4-7-20/h2-18H,1H3,(H,29,33)(H,31,32). The van der Waals surface area contributed by atoms with E-state index in [-0.39, 0.29) is 11.6 Å². The molecule has 0 atom stereocenters. The lowest BCUT2D eigenvalue weighted by Gasteiger charge is -2.11. The van der Waals surface area contributed by atoms with E-state index in [9.17, 15) is 4.79 Å². The summed E-state index contributed by atoms with van der Waals surface area (Å²) in [6.07, 6.45) is 1.54. The molecule has 0 aliphatic rings. The monoisotopic (exact) mass is 462 g/mol. The first-order valence-electron chi connectivity index (χ1n) is 11.0. The van der Waals surface area contributed by atoms with Crippen molar-refractivity contribution >= 4 is 28.3 Å². The number of amides is 1. The van der Waals surface area contributed by atoms with E-state index in [1.165, 1.54) is 0 Å². The van der Waals surface area contributed by atoms with Crippen LogP contribution >= 0.6 is 0 Å². The van der Waals surface area contributed by atoms with Crippen molar-refractivity contribution in [2.24, 2.45) is 0 Å². The predicted molar refractivity (Wildman–Crippen MR) is 136 cm³/mol.